The molecule has 2 N–H and O–H groups in total. The maximum absolute atomic E-state index is 13.2. The van der Waals surface area contributed by atoms with Gasteiger partial charge in [0.05, 0.1) is 24.7 Å². The molecule has 0 aromatic carbocycles. The van der Waals surface area contributed by atoms with Crippen molar-refractivity contribution < 1.29 is 19.7 Å². The van der Waals surface area contributed by atoms with Crippen LogP contribution in [0.2, 0.25) is 0 Å². The number of hydrogen-bond acceptors (Lipinski definition) is 4. The molecular weight excluding hydrogens is 412 g/mol. The summed E-state index contributed by atoms with van der Waals surface area (Å²) in [4.78, 5) is 13.2. The molecule has 4 nitrogen and oxygen atoms in total. The molecule has 4 heteroatoms. The van der Waals surface area contributed by atoms with Gasteiger partial charge >= 0.3 is 5.97 Å². The molecule has 188 valence electrons. The summed E-state index contributed by atoms with van der Waals surface area (Å²) in [5.74, 6) is 2.88. The molecule has 11 atom stereocenters. The Kier molecular flexibility index (Phi) is 5.62. The maximum atomic E-state index is 13.2. The van der Waals surface area contributed by atoms with Crippen molar-refractivity contribution in [3.05, 3.63) is 0 Å². The van der Waals surface area contributed by atoms with Crippen LogP contribution in [0.1, 0.15) is 98.8 Å². The molecule has 0 aliphatic heterocycles. The fourth-order valence-electron chi connectivity index (χ4n) is 11.4. The first kappa shape index (κ1) is 24.1. The number of ether oxygens (including phenoxy) is 1. The van der Waals surface area contributed by atoms with Crippen LogP contribution >= 0.6 is 0 Å². The third-order valence-corrected chi connectivity index (χ3v) is 12.8. The smallest absolute Gasteiger partial charge is 0.312 e. The maximum Gasteiger partial charge on any atom is 0.312 e. The van der Waals surface area contributed by atoms with Gasteiger partial charge in [0.2, 0.25) is 0 Å². The number of aliphatic hydroxyl groups excluding tert-OH is 2. The Morgan fingerprint density at radius 2 is 1.55 bits per heavy atom. The Balaban J connectivity index is 1.51. The number of methoxy groups -OCH3 is 1. The van der Waals surface area contributed by atoms with E-state index in [2.05, 4.69) is 27.7 Å². The first-order chi connectivity index (χ1) is 15.4. The van der Waals surface area contributed by atoms with Crippen molar-refractivity contribution >= 4 is 5.97 Å². The lowest BCUT2D eigenvalue weighted by Crippen LogP contribution is -2.63. The number of carbonyl (C=O) groups is 1. The van der Waals surface area contributed by atoms with E-state index >= 15 is 0 Å². The molecule has 5 fully saturated rings. The number of carbonyl (C=O) groups excluding carboxylic acids is 1. The van der Waals surface area contributed by atoms with Crippen molar-refractivity contribution in [2.45, 2.75) is 111 Å². The molecule has 33 heavy (non-hydrogen) atoms. The SMILES string of the molecule is COC(=O)[C@@]12CCC3C(CCC4[C@@]3(C)CCC3C(C)(C)[C@@H](O)CC[C@@]34C)C1[C@H](C(C)O)CC2. The number of aliphatic hydroxyl groups is 2. The van der Waals surface area contributed by atoms with Crippen LogP contribution in [0.25, 0.3) is 0 Å². The molecule has 0 heterocycles. The van der Waals surface area contributed by atoms with Crippen LogP contribution < -0.4 is 0 Å². The lowest BCUT2D eigenvalue weighted by Gasteiger charge is -2.69. The Bertz CT molecular complexity index is 790. The molecule has 5 aliphatic carbocycles. The van der Waals surface area contributed by atoms with Gasteiger partial charge in [-0.1, -0.05) is 27.7 Å². The summed E-state index contributed by atoms with van der Waals surface area (Å²) in [5, 5.41) is 21.6. The summed E-state index contributed by atoms with van der Waals surface area (Å²) in [6.07, 6.45) is 10.3. The van der Waals surface area contributed by atoms with Gasteiger partial charge in [-0.25, -0.2) is 0 Å². The van der Waals surface area contributed by atoms with E-state index in [0.29, 0.717) is 29.1 Å². The van der Waals surface area contributed by atoms with E-state index in [1.54, 1.807) is 7.11 Å². The highest BCUT2D eigenvalue weighted by Crippen LogP contribution is 2.73. The van der Waals surface area contributed by atoms with Gasteiger partial charge in [0, 0.05) is 0 Å². The molecule has 0 spiro atoms. The van der Waals surface area contributed by atoms with E-state index in [1.165, 1.54) is 25.7 Å². The summed E-state index contributed by atoms with van der Waals surface area (Å²) in [7, 11) is 1.55. The number of rotatable bonds is 2. The minimum atomic E-state index is -0.376. The Labute approximate surface area is 201 Å². The number of fused-ring (bicyclic) bond motifs is 7. The second-order valence-corrected chi connectivity index (χ2v) is 14.0. The average Bonchev–Trinajstić information content (AvgIpc) is 3.17. The van der Waals surface area contributed by atoms with Gasteiger partial charge in [0.25, 0.3) is 0 Å². The van der Waals surface area contributed by atoms with Crippen LogP contribution in [-0.4, -0.2) is 35.5 Å². The van der Waals surface area contributed by atoms with Crippen LogP contribution in [0.5, 0.6) is 0 Å². The molecule has 0 amide bonds. The minimum Gasteiger partial charge on any atom is -0.469 e. The third kappa shape index (κ3) is 3.04. The summed E-state index contributed by atoms with van der Waals surface area (Å²) >= 11 is 0. The molecule has 0 aromatic heterocycles. The fraction of sp³-hybridized carbons (Fsp3) is 0.966. The fourth-order valence-corrected chi connectivity index (χ4v) is 11.4. The molecule has 0 bridgehead atoms. The van der Waals surface area contributed by atoms with Crippen molar-refractivity contribution in [3.63, 3.8) is 0 Å². The standard InChI is InChI=1S/C29H48O4/c1-17(30)18-9-15-29(25(32)33-6)16-10-20-19(24(18)29)7-8-22-27(20,4)13-11-21-26(2,3)23(31)12-14-28(21,22)5/h17-24,30-31H,7-16H2,1-6H3/t17?,18-,19?,20?,21?,22?,23-,24?,27-,28-,29-/m0/s1. The minimum absolute atomic E-state index is 0.0132. The predicted octanol–water partition coefficient (Wildman–Crippen LogP) is 5.59. The van der Waals surface area contributed by atoms with Gasteiger partial charge in [-0.15, -0.1) is 0 Å². The van der Waals surface area contributed by atoms with Gasteiger partial charge < -0.3 is 14.9 Å². The Morgan fingerprint density at radius 1 is 0.879 bits per heavy atom. The molecule has 6 unspecified atom stereocenters. The Morgan fingerprint density at radius 3 is 2.21 bits per heavy atom. The largest absolute Gasteiger partial charge is 0.469 e. The lowest BCUT2D eigenvalue weighted by atomic mass is 9.36. The number of esters is 1. The van der Waals surface area contributed by atoms with Gasteiger partial charge in [-0.3, -0.25) is 4.79 Å². The number of hydrogen-bond donors (Lipinski definition) is 2. The van der Waals surface area contributed by atoms with Crippen LogP contribution in [-0.2, 0) is 9.53 Å². The predicted molar refractivity (Wildman–Crippen MR) is 129 cm³/mol. The van der Waals surface area contributed by atoms with Crippen molar-refractivity contribution in [2.75, 3.05) is 7.11 Å². The van der Waals surface area contributed by atoms with Crippen LogP contribution in [0.3, 0.4) is 0 Å². The van der Waals surface area contributed by atoms with E-state index < -0.39 is 0 Å². The summed E-state index contributed by atoms with van der Waals surface area (Å²) in [6, 6.07) is 0. The van der Waals surface area contributed by atoms with Crippen molar-refractivity contribution in [1.29, 1.82) is 0 Å². The van der Waals surface area contributed by atoms with E-state index in [-0.39, 0.29) is 46.3 Å². The van der Waals surface area contributed by atoms with E-state index in [0.717, 1.165) is 38.5 Å². The van der Waals surface area contributed by atoms with Gasteiger partial charge in [0.1, 0.15) is 0 Å². The Hall–Kier alpha value is -0.610. The van der Waals surface area contributed by atoms with Gasteiger partial charge in [0.15, 0.2) is 0 Å². The van der Waals surface area contributed by atoms with E-state index in [1.807, 2.05) is 6.92 Å². The van der Waals surface area contributed by atoms with E-state index in [4.69, 9.17) is 4.74 Å². The van der Waals surface area contributed by atoms with Crippen LogP contribution in [0, 0.1) is 57.2 Å². The van der Waals surface area contributed by atoms with Crippen LogP contribution in [0.15, 0.2) is 0 Å². The molecule has 5 rings (SSSR count). The monoisotopic (exact) mass is 460 g/mol. The molecule has 0 aromatic rings. The zero-order chi connectivity index (χ0) is 24.0. The second kappa shape index (κ2) is 7.69. The molecular formula is C29H48O4. The van der Waals surface area contributed by atoms with Crippen molar-refractivity contribution in [2.24, 2.45) is 57.2 Å². The summed E-state index contributed by atoms with van der Waals surface area (Å²) < 4.78 is 5.41. The van der Waals surface area contributed by atoms with Gasteiger partial charge in [-0.05, 0) is 123 Å². The first-order valence-electron chi connectivity index (χ1n) is 13.9. The quantitative estimate of drug-likeness (QED) is 0.527. The molecule has 5 saturated carbocycles. The third-order valence-electron chi connectivity index (χ3n) is 12.8. The topological polar surface area (TPSA) is 66.8 Å². The highest BCUT2D eigenvalue weighted by atomic mass is 16.5. The average molecular weight is 461 g/mol. The summed E-state index contributed by atoms with van der Waals surface area (Å²) in [6.45, 7) is 11.7. The zero-order valence-electron chi connectivity index (χ0n) is 21.9. The molecule has 0 radical (unpaired) electrons. The highest BCUT2D eigenvalue weighted by molar-refractivity contribution is 5.78. The highest BCUT2D eigenvalue weighted by Gasteiger charge is 2.68. The first-order valence-corrected chi connectivity index (χ1v) is 13.9. The second-order valence-electron chi connectivity index (χ2n) is 14.0. The van der Waals surface area contributed by atoms with E-state index in [9.17, 15) is 15.0 Å². The molecule has 0 saturated heterocycles. The van der Waals surface area contributed by atoms with Crippen LogP contribution in [0.4, 0.5) is 0 Å². The molecule has 5 aliphatic rings. The normalized spacial score (nSPS) is 53.8. The zero-order valence-corrected chi connectivity index (χ0v) is 21.9. The van der Waals surface area contributed by atoms with Crippen molar-refractivity contribution in [1.82, 2.24) is 0 Å². The lowest BCUT2D eigenvalue weighted by molar-refractivity contribution is -0.220. The summed E-state index contributed by atoms with van der Waals surface area (Å²) in [5.41, 5.74) is 0.192. The van der Waals surface area contributed by atoms with Gasteiger partial charge in [-0.2, -0.15) is 0 Å². The van der Waals surface area contributed by atoms with Crippen molar-refractivity contribution in [3.8, 4) is 0 Å².